The van der Waals surface area contributed by atoms with E-state index < -0.39 is 0 Å². The molecule has 2 N–H and O–H groups in total. The SMILES string of the molecule is CN=C(NCC1(C)CCCC1)NC1CCC(SC)C1. The van der Waals surface area contributed by atoms with Gasteiger partial charge in [-0.1, -0.05) is 19.8 Å². The summed E-state index contributed by atoms with van der Waals surface area (Å²) in [7, 11) is 1.88. The van der Waals surface area contributed by atoms with E-state index in [9.17, 15) is 0 Å². The van der Waals surface area contributed by atoms with Crippen LogP contribution in [0.15, 0.2) is 4.99 Å². The van der Waals surface area contributed by atoms with Gasteiger partial charge in [-0.15, -0.1) is 0 Å². The van der Waals surface area contributed by atoms with Crippen LogP contribution in [0.3, 0.4) is 0 Å². The minimum Gasteiger partial charge on any atom is -0.356 e. The molecule has 0 aromatic heterocycles. The first kappa shape index (κ1) is 15.0. The maximum Gasteiger partial charge on any atom is 0.191 e. The van der Waals surface area contributed by atoms with Gasteiger partial charge in [0.1, 0.15) is 0 Å². The van der Waals surface area contributed by atoms with Gasteiger partial charge >= 0.3 is 0 Å². The second-order valence-corrected chi connectivity index (χ2v) is 7.59. The first-order valence-electron chi connectivity index (χ1n) is 7.65. The molecule has 2 aliphatic carbocycles. The Hall–Kier alpha value is -0.380. The second-order valence-electron chi connectivity index (χ2n) is 6.46. The lowest BCUT2D eigenvalue weighted by Gasteiger charge is -2.26. The molecule has 0 aromatic rings. The lowest BCUT2D eigenvalue weighted by atomic mass is 9.89. The van der Waals surface area contributed by atoms with E-state index in [0.29, 0.717) is 11.5 Å². The van der Waals surface area contributed by atoms with E-state index in [1.165, 1.54) is 44.9 Å². The Balaban J connectivity index is 1.75. The van der Waals surface area contributed by atoms with Crippen molar-refractivity contribution in [3.05, 3.63) is 0 Å². The standard InChI is InChI=1S/C15H29N3S/c1-15(8-4-5-9-15)11-17-14(16-2)18-12-6-7-13(10-12)19-3/h12-13H,4-11H2,1-3H3,(H2,16,17,18). The van der Waals surface area contributed by atoms with Crippen molar-refractivity contribution in [3.63, 3.8) is 0 Å². The Morgan fingerprint density at radius 1 is 1.32 bits per heavy atom. The summed E-state index contributed by atoms with van der Waals surface area (Å²) in [6, 6.07) is 0.611. The average molecular weight is 283 g/mol. The third-order valence-electron chi connectivity index (χ3n) is 4.78. The van der Waals surface area contributed by atoms with Gasteiger partial charge in [0, 0.05) is 24.9 Å². The topological polar surface area (TPSA) is 36.4 Å². The fraction of sp³-hybridized carbons (Fsp3) is 0.933. The second kappa shape index (κ2) is 6.87. The van der Waals surface area contributed by atoms with Crippen molar-refractivity contribution >= 4 is 17.7 Å². The molecule has 4 heteroatoms. The number of hydrogen-bond acceptors (Lipinski definition) is 2. The molecule has 3 nitrogen and oxygen atoms in total. The number of rotatable bonds is 4. The lowest BCUT2D eigenvalue weighted by Crippen LogP contribution is -2.45. The van der Waals surface area contributed by atoms with Gasteiger partial charge in [0.25, 0.3) is 0 Å². The van der Waals surface area contributed by atoms with Crippen molar-refractivity contribution in [1.29, 1.82) is 0 Å². The first-order chi connectivity index (χ1) is 9.15. The fourth-order valence-electron chi connectivity index (χ4n) is 3.38. The molecule has 2 aliphatic rings. The summed E-state index contributed by atoms with van der Waals surface area (Å²) >= 11 is 2.00. The highest BCUT2D eigenvalue weighted by atomic mass is 32.2. The van der Waals surface area contributed by atoms with Crippen LogP contribution in [0.25, 0.3) is 0 Å². The van der Waals surface area contributed by atoms with E-state index >= 15 is 0 Å². The number of aliphatic imine (C=N–C) groups is 1. The molecule has 0 spiro atoms. The summed E-state index contributed by atoms with van der Waals surface area (Å²) in [6.07, 6.45) is 11.6. The van der Waals surface area contributed by atoms with Gasteiger partial charge < -0.3 is 10.6 Å². The van der Waals surface area contributed by atoms with Crippen LogP contribution in [0.4, 0.5) is 0 Å². The molecule has 2 fully saturated rings. The molecular weight excluding hydrogens is 254 g/mol. The number of nitrogens with zero attached hydrogens (tertiary/aromatic N) is 1. The van der Waals surface area contributed by atoms with Gasteiger partial charge in [0.15, 0.2) is 5.96 Å². The number of thioether (sulfide) groups is 1. The van der Waals surface area contributed by atoms with Crippen molar-refractivity contribution in [2.75, 3.05) is 19.8 Å². The Labute approximate surface area is 122 Å². The van der Waals surface area contributed by atoms with E-state index in [0.717, 1.165) is 17.8 Å². The zero-order valence-corrected chi connectivity index (χ0v) is 13.5. The van der Waals surface area contributed by atoms with Crippen molar-refractivity contribution in [2.24, 2.45) is 10.4 Å². The van der Waals surface area contributed by atoms with Gasteiger partial charge in [-0.25, -0.2) is 0 Å². The van der Waals surface area contributed by atoms with Crippen LogP contribution in [-0.4, -0.2) is 37.1 Å². The minimum atomic E-state index is 0.481. The highest BCUT2D eigenvalue weighted by Crippen LogP contribution is 2.36. The van der Waals surface area contributed by atoms with Crippen LogP contribution in [0.1, 0.15) is 51.9 Å². The predicted molar refractivity (Wildman–Crippen MR) is 86.0 cm³/mol. The number of hydrogen-bond donors (Lipinski definition) is 2. The maximum absolute atomic E-state index is 4.38. The molecule has 110 valence electrons. The van der Waals surface area contributed by atoms with Gasteiger partial charge in [-0.2, -0.15) is 11.8 Å². The molecule has 0 heterocycles. The molecular formula is C15H29N3S. The van der Waals surface area contributed by atoms with Crippen molar-refractivity contribution < 1.29 is 0 Å². The zero-order chi connectivity index (χ0) is 13.7. The van der Waals surface area contributed by atoms with Crippen molar-refractivity contribution in [1.82, 2.24) is 10.6 Å². The molecule has 2 saturated carbocycles. The molecule has 0 bridgehead atoms. The van der Waals surface area contributed by atoms with Gasteiger partial charge in [-0.3, -0.25) is 4.99 Å². The minimum absolute atomic E-state index is 0.481. The van der Waals surface area contributed by atoms with E-state index in [1.807, 2.05) is 18.8 Å². The molecule has 0 aliphatic heterocycles. The van der Waals surface area contributed by atoms with E-state index in [1.54, 1.807) is 0 Å². The van der Waals surface area contributed by atoms with Gasteiger partial charge in [-0.05, 0) is 43.8 Å². The predicted octanol–water partition coefficient (Wildman–Crippen LogP) is 3.02. The Morgan fingerprint density at radius 3 is 2.63 bits per heavy atom. The Bertz CT molecular complexity index is 311. The summed E-state index contributed by atoms with van der Waals surface area (Å²) in [5.41, 5.74) is 0.481. The summed E-state index contributed by atoms with van der Waals surface area (Å²) in [6.45, 7) is 3.46. The molecule has 2 rings (SSSR count). The Morgan fingerprint density at radius 2 is 2.05 bits per heavy atom. The average Bonchev–Trinajstić information content (AvgIpc) is 3.04. The van der Waals surface area contributed by atoms with Gasteiger partial charge in [0.2, 0.25) is 0 Å². The normalized spacial score (nSPS) is 30.6. The molecule has 0 saturated heterocycles. The molecule has 19 heavy (non-hydrogen) atoms. The van der Waals surface area contributed by atoms with Crippen LogP contribution >= 0.6 is 11.8 Å². The molecule has 2 atom stereocenters. The monoisotopic (exact) mass is 283 g/mol. The summed E-state index contributed by atoms with van der Waals surface area (Å²) in [5, 5.41) is 7.98. The molecule has 0 amide bonds. The van der Waals surface area contributed by atoms with Crippen LogP contribution < -0.4 is 10.6 Å². The molecule has 0 radical (unpaired) electrons. The number of guanidine groups is 1. The summed E-state index contributed by atoms with van der Waals surface area (Å²) < 4.78 is 0. The van der Waals surface area contributed by atoms with E-state index in [2.05, 4.69) is 28.8 Å². The summed E-state index contributed by atoms with van der Waals surface area (Å²) in [4.78, 5) is 4.38. The third-order valence-corrected chi connectivity index (χ3v) is 5.87. The van der Waals surface area contributed by atoms with Crippen molar-refractivity contribution in [2.45, 2.75) is 63.2 Å². The van der Waals surface area contributed by atoms with E-state index in [-0.39, 0.29) is 0 Å². The van der Waals surface area contributed by atoms with Crippen LogP contribution in [0, 0.1) is 5.41 Å². The number of nitrogens with one attached hydrogen (secondary N) is 2. The summed E-state index contributed by atoms with van der Waals surface area (Å²) in [5.74, 6) is 1.000. The largest absolute Gasteiger partial charge is 0.356 e. The molecule has 0 aromatic carbocycles. The van der Waals surface area contributed by atoms with Crippen molar-refractivity contribution in [3.8, 4) is 0 Å². The smallest absolute Gasteiger partial charge is 0.191 e. The fourth-order valence-corrected chi connectivity index (χ4v) is 4.17. The van der Waals surface area contributed by atoms with Crippen LogP contribution in [0.2, 0.25) is 0 Å². The van der Waals surface area contributed by atoms with Gasteiger partial charge in [0.05, 0.1) is 0 Å². The zero-order valence-electron chi connectivity index (χ0n) is 12.7. The highest BCUT2D eigenvalue weighted by Gasteiger charge is 2.29. The maximum atomic E-state index is 4.38. The molecule has 2 unspecified atom stereocenters. The Kier molecular flexibility index (Phi) is 5.43. The highest BCUT2D eigenvalue weighted by molar-refractivity contribution is 7.99. The quantitative estimate of drug-likeness (QED) is 0.615. The lowest BCUT2D eigenvalue weighted by molar-refractivity contribution is 0.333. The third kappa shape index (κ3) is 4.30. The van der Waals surface area contributed by atoms with Crippen LogP contribution in [-0.2, 0) is 0 Å². The first-order valence-corrected chi connectivity index (χ1v) is 8.94. The van der Waals surface area contributed by atoms with Crippen LogP contribution in [0.5, 0.6) is 0 Å². The van der Waals surface area contributed by atoms with E-state index in [4.69, 9.17) is 0 Å².